The third-order valence-corrected chi connectivity index (χ3v) is 4.18. The number of alkyl carbamates (subject to hydrolysis) is 1. The van der Waals surface area contributed by atoms with Crippen LogP contribution >= 0.6 is 11.6 Å². The first kappa shape index (κ1) is 19.9. The summed E-state index contributed by atoms with van der Waals surface area (Å²) in [6, 6.07) is 5.44. The zero-order valence-electron chi connectivity index (χ0n) is 13.9. The number of cyclic esters (lactones) is 1. The molecule has 0 saturated carbocycles. The number of ether oxygens (including phenoxy) is 1. The van der Waals surface area contributed by atoms with Crippen molar-refractivity contribution in [1.29, 1.82) is 0 Å². The molecule has 1 aromatic heterocycles. The molecule has 0 aliphatic carbocycles. The van der Waals surface area contributed by atoms with Gasteiger partial charge in [0, 0.05) is 0 Å². The van der Waals surface area contributed by atoms with Gasteiger partial charge in [0.15, 0.2) is 6.10 Å². The van der Waals surface area contributed by atoms with E-state index in [1.807, 2.05) is 0 Å². The van der Waals surface area contributed by atoms with Crippen LogP contribution in [0.15, 0.2) is 36.4 Å². The predicted molar refractivity (Wildman–Crippen MR) is 88.9 cm³/mol. The number of rotatable bonds is 4. The Hall–Kier alpha value is -2.88. The molecule has 1 fully saturated rings. The number of nitrogens with one attached hydrogen (secondary N) is 2. The second kappa shape index (κ2) is 7.63. The Kier molecular flexibility index (Phi) is 5.41. The molecule has 2 amide bonds. The summed E-state index contributed by atoms with van der Waals surface area (Å²) in [6.45, 7) is -0.0996. The molecule has 1 aliphatic rings. The van der Waals surface area contributed by atoms with Gasteiger partial charge < -0.3 is 15.4 Å². The highest BCUT2D eigenvalue weighted by molar-refractivity contribution is 6.30. The third-order valence-electron chi connectivity index (χ3n) is 3.89. The first-order valence-corrected chi connectivity index (χ1v) is 8.27. The second-order valence-corrected chi connectivity index (χ2v) is 6.24. The van der Waals surface area contributed by atoms with Crippen LogP contribution in [0.1, 0.15) is 23.0 Å². The van der Waals surface area contributed by atoms with Gasteiger partial charge in [-0.05, 0) is 29.8 Å². The predicted octanol–water partition coefficient (Wildman–Crippen LogP) is 3.21. The summed E-state index contributed by atoms with van der Waals surface area (Å²) in [5.74, 6) is -1.50. The molecule has 1 unspecified atom stereocenters. The van der Waals surface area contributed by atoms with Gasteiger partial charge in [-0.2, -0.15) is 13.2 Å². The molecule has 2 atom stereocenters. The highest BCUT2D eigenvalue weighted by Gasteiger charge is 2.35. The Balaban J connectivity index is 1.98. The van der Waals surface area contributed by atoms with Gasteiger partial charge >= 0.3 is 12.3 Å². The molecule has 28 heavy (non-hydrogen) atoms. The van der Waals surface area contributed by atoms with E-state index in [9.17, 15) is 27.2 Å². The third kappa shape index (κ3) is 4.33. The maximum atomic E-state index is 13.5. The molecular weight excluding hydrogens is 406 g/mol. The fraction of sp³-hybridized carbons (Fsp3) is 0.235. The molecule has 2 heterocycles. The lowest BCUT2D eigenvalue weighted by Gasteiger charge is -2.21. The summed E-state index contributed by atoms with van der Waals surface area (Å²) in [5.41, 5.74) is -1.11. The Morgan fingerprint density at radius 2 is 2.07 bits per heavy atom. The monoisotopic (exact) mass is 417 g/mol. The largest absolute Gasteiger partial charge is 0.434 e. The van der Waals surface area contributed by atoms with Crippen LogP contribution in [0.3, 0.4) is 0 Å². The Morgan fingerprint density at radius 1 is 1.32 bits per heavy atom. The summed E-state index contributed by atoms with van der Waals surface area (Å²) in [5, 5.41) is 4.48. The van der Waals surface area contributed by atoms with Crippen molar-refractivity contribution in [3.05, 3.63) is 64.2 Å². The Morgan fingerprint density at radius 3 is 2.68 bits per heavy atom. The smallest absolute Gasteiger partial charge is 0.433 e. The van der Waals surface area contributed by atoms with Crippen molar-refractivity contribution in [1.82, 2.24) is 15.6 Å². The second-order valence-electron chi connectivity index (χ2n) is 5.84. The topological polar surface area (TPSA) is 80.3 Å². The number of amides is 2. The summed E-state index contributed by atoms with van der Waals surface area (Å²) in [7, 11) is 0. The van der Waals surface area contributed by atoms with Crippen molar-refractivity contribution in [3.8, 4) is 0 Å². The summed E-state index contributed by atoms with van der Waals surface area (Å²) in [4.78, 5) is 27.1. The number of carbonyl (C=O) groups excluding carboxylic acids is 2. The summed E-state index contributed by atoms with van der Waals surface area (Å²) < 4.78 is 57.3. The van der Waals surface area contributed by atoms with E-state index >= 15 is 0 Å². The highest BCUT2D eigenvalue weighted by Crippen LogP contribution is 2.30. The zero-order chi connectivity index (χ0) is 20.5. The van der Waals surface area contributed by atoms with Crippen LogP contribution in [0.5, 0.6) is 0 Å². The van der Waals surface area contributed by atoms with Crippen LogP contribution in [0.25, 0.3) is 0 Å². The standard InChI is InChI=1S/C17H12ClF4N3O3/c18-9-6-8(4-5-10(9)19)14(25-15(26)12-7-23-16(27)28-12)11-2-1-3-13(24-11)17(20,21)22/h1-6,12,14H,7H2,(H,23,27)(H,25,26)/t12-,14?/m0/s1. The molecule has 6 nitrogen and oxygen atoms in total. The molecule has 3 rings (SSSR count). The van der Waals surface area contributed by atoms with Crippen LogP contribution in [-0.2, 0) is 15.7 Å². The first-order chi connectivity index (χ1) is 13.1. The van der Waals surface area contributed by atoms with Crippen molar-refractivity contribution in [2.24, 2.45) is 0 Å². The van der Waals surface area contributed by atoms with Gasteiger partial charge in [0.25, 0.3) is 5.91 Å². The van der Waals surface area contributed by atoms with E-state index < -0.39 is 41.8 Å². The molecule has 1 saturated heterocycles. The molecule has 0 radical (unpaired) electrons. The Labute approximate surface area is 160 Å². The fourth-order valence-electron chi connectivity index (χ4n) is 2.56. The lowest BCUT2D eigenvalue weighted by atomic mass is 10.0. The molecule has 11 heteroatoms. The van der Waals surface area contributed by atoms with Gasteiger partial charge in [0.2, 0.25) is 0 Å². The average Bonchev–Trinajstić information content (AvgIpc) is 3.08. The van der Waals surface area contributed by atoms with Crippen molar-refractivity contribution in [2.75, 3.05) is 6.54 Å². The van der Waals surface area contributed by atoms with E-state index in [2.05, 4.69) is 15.6 Å². The highest BCUT2D eigenvalue weighted by atomic mass is 35.5. The lowest BCUT2D eigenvalue weighted by molar-refractivity contribution is -0.141. The molecule has 0 bridgehead atoms. The van der Waals surface area contributed by atoms with Gasteiger partial charge in [0.05, 0.1) is 23.3 Å². The molecular formula is C17H12ClF4N3O3. The summed E-state index contributed by atoms with van der Waals surface area (Å²) in [6.07, 6.45) is -6.66. The lowest BCUT2D eigenvalue weighted by Crippen LogP contribution is -2.39. The number of hydrogen-bond donors (Lipinski definition) is 2. The number of alkyl halides is 3. The van der Waals surface area contributed by atoms with Crippen molar-refractivity contribution < 1.29 is 31.9 Å². The van der Waals surface area contributed by atoms with Crippen LogP contribution in [0, 0.1) is 5.82 Å². The van der Waals surface area contributed by atoms with Gasteiger partial charge in [0.1, 0.15) is 11.5 Å². The van der Waals surface area contributed by atoms with Crippen molar-refractivity contribution in [2.45, 2.75) is 18.3 Å². The fourth-order valence-corrected chi connectivity index (χ4v) is 2.75. The van der Waals surface area contributed by atoms with E-state index in [0.717, 1.165) is 18.2 Å². The molecule has 148 valence electrons. The maximum Gasteiger partial charge on any atom is 0.433 e. The van der Waals surface area contributed by atoms with Crippen LogP contribution < -0.4 is 10.6 Å². The number of hydrogen-bond acceptors (Lipinski definition) is 4. The van der Waals surface area contributed by atoms with Crippen LogP contribution in [0.2, 0.25) is 5.02 Å². The molecule has 2 N–H and O–H groups in total. The molecule has 1 aliphatic heterocycles. The SMILES string of the molecule is O=C1NC[C@@H](C(=O)NC(c2ccc(F)c(Cl)c2)c2cccc(C(F)(F)F)n2)O1. The van der Waals surface area contributed by atoms with Crippen molar-refractivity contribution in [3.63, 3.8) is 0 Å². The summed E-state index contributed by atoms with van der Waals surface area (Å²) >= 11 is 5.76. The molecule has 1 aromatic carbocycles. The minimum Gasteiger partial charge on any atom is -0.434 e. The first-order valence-electron chi connectivity index (χ1n) is 7.89. The van der Waals surface area contributed by atoms with E-state index in [1.54, 1.807) is 0 Å². The van der Waals surface area contributed by atoms with E-state index in [0.29, 0.717) is 0 Å². The maximum absolute atomic E-state index is 13.5. The van der Waals surface area contributed by atoms with Gasteiger partial charge in [-0.15, -0.1) is 0 Å². The van der Waals surface area contributed by atoms with Gasteiger partial charge in [-0.3, -0.25) is 4.79 Å². The number of pyridine rings is 1. The van der Waals surface area contributed by atoms with E-state index in [-0.39, 0.29) is 22.8 Å². The Bertz CT molecular complexity index is 923. The molecule has 2 aromatic rings. The average molecular weight is 418 g/mol. The molecule has 0 spiro atoms. The number of nitrogens with zero attached hydrogens (tertiary/aromatic N) is 1. The number of carbonyl (C=O) groups is 2. The minimum atomic E-state index is -4.70. The van der Waals surface area contributed by atoms with Gasteiger partial charge in [-0.1, -0.05) is 23.7 Å². The van der Waals surface area contributed by atoms with Crippen LogP contribution in [0.4, 0.5) is 22.4 Å². The normalized spacial score (nSPS) is 17.6. The van der Waals surface area contributed by atoms with Crippen LogP contribution in [-0.4, -0.2) is 29.6 Å². The zero-order valence-corrected chi connectivity index (χ0v) is 14.6. The van der Waals surface area contributed by atoms with Crippen molar-refractivity contribution >= 4 is 23.6 Å². The quantitative estimate of drug-likeness (QED) is 0.749. The van der Waals surface area contributed by atoms with E-state index in [4.69, 9.17) is 16.3 Å². The number of halogens is 5. The van der Waals surface area contributed by atoms with Gasteiger partial charge in [-0.25, -0.2) is 14.2 Å². The minimum absolute atomic E-state index is 0.0996. The van der Waals surface area contributed by atoms with E-state index in [1.165, 1.54) is 18.2 Å². The number of benzene rings is 1. The number of aromatic nitrogens is 1.